The summed E-state index contributed by atoms with van der Waals surface area (Å²) in [5, 5.41) is 0. The van der Waals surface area contributed by atoms with Gasteiger partial charge in [0.15, 0.2) is 0 Å². The third-order valence-electron chi connectivity index (χ3n) is 2.97. The molecule has 4 heteroatoms. The van der Waals surface area contributed by atoms with Crippen molar-refractivity contribution in [2.45, 2.75) is 25.9 Å². The first-order valence-corrected chi connectivity index (χ1v) is 6.11. The Morgan fingerprint density at radius 2 is 2.17 bits per heavy atom. The number of fused-ring (bicyclic) bond motifs is 1. The number of hydrogen-bond donors (Lipinski definition) is 0. The van der Waals surface area contributed by atoms with Gasteiger partial charge in [0.05, 0.1) is 19.3 Å². The number of Topliss-reactive ketones (excluding diaryl/α,β-unsaturated/α-hetero) is 1. The van der Waals surface area contributed by atoms with Gasteiger partial charge in [-0.15, -0.1) is 0 Å². The molecule has 1 atom stereocenters. The molecule has 1 aliphatic rings. The maximum Gasteiger partial charge on any atom is 0.374 e. The second kappa shape index (κ2) is 5.78. The summed E-state index contributed by atoms with van der Waals surface area (Å²) in [4.78, 5) is 23.0. The molecule has 1 aromatic rings. The topological polar surface area (TPSA) is 52.6 Å². The van der Waals surface area contributed by atoms with Crippen LogP contribution >= 0.6 is 0 Å². The summed E-state index contributed by atoms with van der Waals surface area (Å²) in [7, 11) is 0. The molecule has 0 bridgehead atoms. The molecular formula is C14H16O4. The van der Waals surface area contributed by atoms with Crippen molar-refractivity contribution in [3.63, 3.8) is 0 Å². The van der Waals surface area contributed by atoms with Gasteiger partial charge in [0.1, 0.15) is 0 Å². The van der Waals surface area contributed by atoms with Crippen LogP contribution in [0.2, 0.25) is 0 Å². The predicted molar refractivity (Wildman–Crippen MR) is 65.1 cm³/mol. The molecule has 0 fully saturated rings. The number of carbonyl (C=O) groups is 2. The summed E-state index contributed by atoms with van der Waals surface area (Å²) in [6, 6.07) is 7.85. The third kappa shape index (κ3) is 2.76. The minimum absolute atomic E-state index is 0.0514. The molecule has 0 saturated carbocycles. The van der Waals surface area contributed by atoms with Crippen LogP contribution < -0.4 is 0 Å². The highest BCUT2D eigenvalue weighted by Gasteiger charge is 2.26. The van der Waals surface area contributed by atoms with Crippen molar-refractivity contribution in [3.8, 4) is 0 Å². The van der Waals surface area contributed by atoms with Gasteiger partial charge in [-0.3, -0.25) is 4.79 Å². The van der Waals surface area contributed by atoms with E-state index in [0.717, 1.165) is 12.0 Å². The third-order valence-corrected chi connectivity index (χ3v) is 2.97. The zero-order valence-electron chi connectivity index (χ0n) is 10.3. The maximum absolute atomic E-state index is 11.7. The summed E-state index contributed by atoms with van der Waals surface area (Å²) >= 11 is 0. The van der Waals surface area contributed by atoms with Crippen LogP contribution in [0.25, 0.3) is 0 Å². The van der Waals surface area contributed by atoms with E-state index in [2.05, 4.69) is 4.74 Å². The van der Waals surface area contributed by atoms with Crippen LogP contribution in [0.4, 0.5) is 0 Å². The quantitative estimate of drug-likeness (QED) is 0.602. The fraction of sp³-hybridized carbons (Fsp3) is 0.429. The van der Waals surface area contributed by atoms with Crippen LogP contribution in [-0.2, 0) is 25.5 Å². The normalized spacial score (nSPS) is 17.9. The van der Waals surface area contributed by atoms with E-state index in [1.165, 1.54) is 5.56 Å². The van der Waals surface area contributed by atoms with Crippen molar-refractivity contribution >= 4 is 11.8 Å². The highest BCUT2D eigenvalue weighted by Crippen LogP contribution is 2.29. The van der Waals surface area contributed by atoms with Gasteiger partial charge in [-0.05, 0) is 24.5 Å². The van der Waals surface area contributed by atoms with Crippen molar-refractivity contribution < 1.29 is 19.1 Å². The maximum atomic E-state index is 11.7. The van der Waals surface area contributed by atoms with Crippen molar-refractivity contribution in [1.82, 2.24) is 0 Å². The zero-order chi connectivity index (χ0) is 13.0. The Morgan fingerprint density at radius 3 is 2.94 bits per heavy atom. The van der Waals surface area contributed by atoms with Crippen molar-refractivity contribution in [2.75, 3.05) is 13.2 Å². The fourth-order valence-corrected chi connectivity index (χ4v) is 2.11. The minimum atomic E-state index is -0.774. The first-order valence-electron chi connectivity index (χ1n) is 6.11. The average molecular weight is 248 g/mol. The lowest BCUT2D eigenvalue weighted by molar-refractivity contribution is -0.154. The Kier molecular flexibility index (Phi) is 4.10. The number of rotatable bonds is 4. The number of ketones is 1. The standard InChI is InChI=1S/C14H16O4/c1-2-17-14(16)12(15)9-13-11-6-4-3-5-10(11)7-8-18-13/h3-6,13H,2,7-9H2,1H3/t13-/m0/s1. The lowest BCUT2D eigenvalue weighted by Crippen LogP contribution is -2.24. The molecule has 1 heterocycles. The molecular weight excluding hydrogens is 232 g/mol. The van der Waals surface area contributed by atoms with Crippen LogP contribution in [0, 0.1) is 0 Å². The van der Waals surface area contributed by atoms with Gasteiger partial charge >= 0.3 is 5.97 Å². The first kappa shape index (κ1) is 12.8. The monoisotopic (exact) mass is 248 g/mol. The van der Waals surface area contributed by atoms with Crippen molar-refractivity contribution in [2.24, 2.45) is 0 Å². The highest BCUT2D eigenvalue weighted by atomic mass is 16.5. The molecule has 0 unspecified atom stereocenters. The van der Waals surface area contributed by atoms with E-state index in [0.29, 0.717) is 6.61 Å². The lowest BCUT2D eigenvalue weighted by Gasteiger charge is -2.25. The molecule has 1 aromatic carbocycles. The van der Waals surface area contributed by atoms with Gasteiger partial charge in [-0.1, -0.05) is 24.3 Å². The molecule has 0 amide bonds. The Balaban J connectivity index is 2.07. The van der Waals surface area contributed by atoms with Gasteiger partial charge in [-0.25, -0.2) is 4.79 Å². The van der Waals surface area contributed by atoms with Gasteiger partial charge in [0.25, 0.3) is 0 Å². The predicted octanol–water partition coefficient (Wildman–Crippen LogP) is 1.82. The molecule has 4 nitrogen and oxygen atoms in total. The summed E-state index contributed by atoms with van der Waals surface area (Å²) in [6.07, 6.45) is 0.572. The van der Waals surface area contributed by atoms with Gasteiger partial charge in [0.2, 0.25) is 5.78 Å². The van der Waals surface area contributed by atoms with Crippen LogP contribution in [-0.4, -0.2) is 25.0 Å². The Morgan fingerprint density at radius 1 is 1.39 bits per heavy atom. The van der Waals surface area contributed by atoms with E-state index in [1.54, 1.807) is 6.92 Å². The van der Waals surface area contributed by atoms with Crippen molar-refractivity contribution in [1.29, 1.82) is 0 Å². The van der Waals surface area contributed by atoms with Gasteiger partial charge in [-0.2, -0.15) is 0 Å². The second-order valence-electron chi connectivity index (χ2n) is 4.16. The van der Waals surface area contributed by atoms with Crippen LogP contribution in [0.15, 0.2) is 24.3 Å². The minimum Gasteiger partial charge on any atom is -0.460 e. The summed E-state index contributed by atoms with van der Waals surface area (Å²) < 4.78 is 10.3. The molecule has 96 valence electrons. The van der Waals surface area contributed by atoms with Crippen LogP contribution in [0.5, 0.6) is 0 Å². The van der Waals surface area contributed by atoms with Crippen molar-refractivity contribution in [3.05, 3.63) is 35.4 Å². The van der Waals surface area contributed by atoms with E-state index in [1.807, 2.05) is 24.3 Å². The molecule has 0 radical (unpaired) electrons. The van der Waals surface area contributed by atoms with E-state index < -0.39 is 11.8 Å². The number of benzene rings is 1. The molecule has 0 spiro atoms. The summed E-state index contributed by atoms with van der Waals surface area (Å²) in [5.74, 6) is -1.30. The average Bonchev–Trinajstić information content (AvgIpc) is 2.39. The molecule has 1 aliphatic heterocycles. The number of hydrogen-bond acceptors (Lipinski definition) is 4. The number of carbonyl (C=O) groups excluding carboxylic acids is 2. The molecule has 2 rings (SSSR count). The number of ether oxygens (including phenoxy) is 2. The molecule has 18 heavy (non-hydrogen) atoms. The molecule has 0 aromatic heterocycles. The van der Waals surface area contributed by atoms with Gasteiger partial charge < -0.3 is 9.47 Å². The fourth-order valence-electron chi connectivity index (χ4n) is 2.11. The smallest absolute Gasteiger partial charge is 0.374 e. The Labute approximate surface area is 106 Å². The van der Waals surface area contributed by atoms with Gasteiger partial charge in [0, 0.05) is 6.42 Å². The Bertz CT molecular complexity index is 453. The Hall–Kier alpha value is -1.68. The highest BCUT2D eigenvalue weighted by molar-refractivity contribution is 6.33. The van der Waals surface area contributed by atoms with E-state index in [4.69, 9.17) is 4.74 Å². The van der Waals surface area contributed by atoms with E-state index >= 15 is 0 Å². The summed E-state index contributed by atoms with van der Waals surface area (Å²) in [6.45, 7) is 2.47. The van der Waals surface area contributed by atoms with E-state index in [9.17, 15) is 9.59 Å². The molecule has 0 N–H and O–H groups in total. The zero-order valence-corrected chi connectivity index (χ0v) is 10.3. The van der Waals surface area contributed by atoms with E-state index in [-0.39, 0.29) is 19.1 Å². The first-order chi connectivity index (χ1) is 8.72. The SMILES string of the molecule is CCOC(=O)C(=O)C[C@@H]1OCCc2ccccc21. The summed E-state index contributed by atoms with van der Waals surface area (Å²) in [5.41, 5.74) is 2.19. The number of esters is 1. The molecule has 0 aliphatic carbocycles. The lowest BCUT2D eigenvalue weighted by atomic mass is 9.95. The van der Waals surface area contributed by atoms with Crippen LogP contribution in [0.1, 0.15) is 30.6 Å². The largest absolute Gasteiger partial charge is 0.460 e. The second-order valence-corrected chi connectivity index (χ2v) is 4.16. The molecule has 0 saturated heterocycles. The van der Waals surface area contributed by atoms with Crippen LogP contribution in [0.3, 0.4) is 0 Å².